The number of nitrogens with one attached hydrogen (secondary N) is 1. The van der Waals surface area contributed by atoms with Crippen molar-refractivity contribution >= 4 is 16.8 Å². The van der Waals surface area contributed by atoms with E-state index in [9.17, 15) is 9.59 Å². The summed E-state index contributed by atoms with van der Waals surface area (Å²) in [5.41, 5.74) is 1.61. The molecule has 1 aliphatic rings. The van der Waals surface area contributed by atoms with Gasteiger partial charge in [0.1, 0.15) is 19.0 Å². The van der Waals surface area contributed by atoms with E-state index in [1.54, 1.807) is 36.3 Å². The highest BCUT2D eigenvalue weighted by Gasteiger charge is 2.22. The molecule has 8 nitrogen and oxygen atoms in total. The lowest BCUT2D eigenvalue weighted by Crippen LogP contribution is -2.32. The fraction of sp³-hybridized carbons (Fsp3) is 0.200. The summed E-state index contributed by atoms with van der Waals surface area (Å²) in [6.45, 7) is 1.26. The minimum Gasteiger partial charge on any atom is -0.496 e. The van der Waals surface area contributed by atoms with Gasteiger partial charge >= 0.3 is 0 Å². The number of ether oxygens (including phenoxy) is 3. The van der Waals surface area contributed by atoms with E-state index in [0.29, 0.717) is 41.5 Å². The third-order valence-electron chi connectivity index (χ3n) is 5.52. The van der Waals surface area contributed by atoms with Gasteiger partial charge in [-0.3, -0.25) is 9.59 Å². The van der Waals surface area contributed by atoms with E-state index in [1.807, 2.05) is 30.3 Å². The van der Waals surface area contributed by atoms with Crippen molar-refractivity contribution in [1.82, 2.24) is 9.88 Å². The van der Waals surface area contributed by atoms with E-state index >= 15 is 0 Å². The van der Waals surface area contributed by atoms with Crippen molar-refractivity contribution in [3.8, 4) is 17.2 Å². The zero-order valence-corrected chi connectivity index (χ0v) is 18.0. The topological polar surface area (TPSA) is 94.0 Å². The predicted molar refractivity (Wildman–Crippen MR) is 121 cm³/mol. The lowest BCUT2D eigenvalue weighted by molar-refractivity contribution is 0.0696. The molecule has 0 fully saturated rings. The largest absolute Gasteiger partial charge is 0.496 e. The quantitative estimate of drug-likeness (QED) is 0.485. The highest BCUT2D eigenvalue weighted by molar-refractivity contribution is 5.91. The second kappa shape index (κ2) is 8.74. The van der Waals surface area contributed by atoms with Crippen LogP contribution in [0.3, 0.4) is 0 Å². The molecule has 0 bridgehead atoms. The summed E-state index contributed by atoms with van der Waals surface area (Å²) in [6, 6.07) is 16.1. The van der Waals surface area contributed by atoms with Gasteiger partial charge in [-0.2, -0.15) is 0 Å². The summed E-state index contributed by atoms with van der Waals surface area (Å²) >= 11 is 0. The van der Waals surface area contributed by atoms with Crippen LogP contribution in [0, 0.1) is 0 Å². The van der Waals surface area contributed by atoms with Gasteiger partial charge in [-0.15, -0.1) is 0 Å². The maximum absolute atomic E-state index is 13.2. The summed E-state index contributed by atoms with van der Waals surface area (Å²) in [5.74, 6) is 1.76. The Balaban J connectivity index is 1.52. The number of carbonyl (C=O) groups excluding carboxylic acids is 1. The third-order valence-corrected chi connectivity index (χ3v) is 5.52. The SMILES string of the molecule is COc1ccccc1CN(Cc1cc2cc3c(cc2[nH]c1=O)OCCO3)C(=O)c1ccco1. The molecule has 168 valence electrons. The number of nitrogens with zero attached hydrogens (tertiary/aromatic N) is 1. The molecule has 0 saturated carbocycles. The number of aromatic nitrogens is 1. The number of carbonyl (C=O) groups is 1. The first-order valence-electron chi connectivity index (χ1n) is 10.5. The Bertz CT molecular complexity index is 1360. The second-order valence-electron chi connectivity index (χ2n) is 7.66. The minimum absolute atomic E-state index is 0.0807. The summed E-state index contributed by atoms with van der Waals surface area (Å²) in [4.78, 5) is 30.6. The van der Waals surface area contributed by atoms with Crippen LogP contribution in [-0.4, -0.2) is 36.1 Å². The predicted octanol–water partition coefficient (Wildman–Crippen LogP) is 3.74. The fourth-order valence-corrected chi connectivity index (χ4v) is 3.91. The number of hydrogen-bond acceptors (Lipinski definition) is 6. The van der Waals surface area contributed by atoms with Crippen LogP contribution in [0.25, 0.3) is 10.9 Å². The van der Waals surface area contributed by atoms with Gasteiger partial charge in [0.25, 0.3) is 11.5 Å². The van der Waals surface area contributed by atoms with E-state index in [2.05, 4.69) is 4.98 Å². The first-order chi connectivity index (χ1) is 16.1. The van der Waals surface area contributed by atoms with Gasteiger partial charge in [-0.25, -0.2) is 0 Å². The van der Waals surface area contributed by atoms with Crippen molar-refractivity contribution < 1.29 is 23.4 Å². The second-order valence-corrected chi connectivity index (χ2v) is 7.66. The third kappa shape index (κ3) is 4.15. The van der Waals surface area contributed by atoms with Crippen LogP contribution in [0.4, 0.5) is 0 Å². The zero-order valence-electron chi connectivity index (χ0n) is 18.0. The molecule has 4 aromatic rings. The molecule has 8 heteroatoms. The molecule has 0 spiro atoms. The van der Waals surface area contributed by atoms with E-state index in [4.69, 9.17) is 18.6 Å². The molecule has 1 N–H and O–H groups in total. The van der Waals surface area contributed by atoms with Gasteiger partial charge in [-0.05, 0) is 30.3 Å². The molecule has 0 aliphatic carbocycles. The summed E-state index contributed by atoms with van der Waals surface area (Å²) in [7, 11) is 1.58. The summed E-state index contributed by atoms with van der Waals surface area (Å²) in [6.07, 6.45) is 1.45. The first-order valence-corrected chi connectivity index (χ1v) is 10.5. The molecule has 1 aliphatic heterocycles. The average Bonchev–Trinajstić information content (AvgIpc) is 3.38. The monoisotopic (exact) mass is 446 g/mol. The number of furan rings is 1. The van der Waals surface area contributed by atoms with Gasteiger partial charge in [0.15, 0.2) is 17.3 Å². The molecule has 2 aromatic carbocycles. The number of hydrogen-bond donors (Lipinski definition) is 1. The van der Waals surface area contributed by atoms with Crippen LogP contribution in [-0.2, 0) is 13.1 Å². The highest BCUT2D eigenvalue weighted by atomic mass is 16.6. The Morgan fingerprint density at radius 2 is 1.76 bits per heavy atom. The molecule has 3 heterocycles. The molecular formula is C25H22N2O6. The van der Waals surface area contributed by atoms with Crippen molar-refractivity contribution in [2.24, 2.45) is 0 Å². The van der Waals surface area contributed by atoms with Crippen LogP contribution in [0.1, 0.15) is 21.7 Å². The number of fused-ring (bicyclic) bond motifs is 2. The molecule has 2 aromatic heterocycles. The number of methoxy groups -OCH3 is 1. The van der Waals surface area contributed by atoms with Gasteiger partial charge in [-0.1, -0.05) is 18.2 Å². The number of pyridine rings is 1. The normalized spacial score (nSPS) is 12.5. The van der Waals surface area contributed by atoms with Crippen LogP contribution in [0.5, 0.6) is 17.2 Å². The van der Waals surface area contributed by atoms with E-state index < -0.39 is 0 Å². The summed E-state index contributed by atoms with van der Waals surface area (Å²) < 4.78 is 22.0. The average molecular weight is 446 g/mol. The number of H-pyrrole nitrogens is 1. The fourth-order valence-electron chi connectivity index (χ4n) is 3.91. The van der Waals surface area contributed by atoms with E-state index in [-0.39, 0.29) is 30.3 Å². The van der Waals surface area contributed by atoms with Crippen molar-refractivity contribution in [1.29, 1.82) is 0 Å². The molecular weight excluding hydrogens is 424 g/mol. The van der Waals surface area contributed by atoms with Gasteiger partial charge in [0, 0.05) is 22.6 Å². The molecule has 0 atom stereocenters. The van der Waals surface area contributed by atoms with Crippen molar-refractivity contribution in [2.75, 3.05) is 20.3 Å². The standard InChI is InChI=1S/C25H22N2O6/c1-30-20-6-3-2-5-16(20)14-27(25(29)21-7-4-8-31-21)15-18-11-17-12-22-23(33-10-9-32-22)13-19(17)26-24(18)28/h2-8,11-13H,9-10,14-15H2,1H3,(H,26,28). The zero-order chi connectivity index (χ0) is 22.8. The molecule has 1 amide bonds. The van der Waals surface area contributed by atoms with Crippen LogP contribution >= 0.6 is 0 Å². The number of aromatic amines is 1. The Morgan fingerprint density at radius 1 is 1.00 bits per heavy atom. The maximum atomic E-state index is 13.2. The molecule has 0 saturated heterocycles. The number of amides is 1. The molecule has 5 rings (SSSR count). The Morgan fingerprint density at radius 3 is 2.52 bits per heavy atom. The van der Waals surface area contributed by atoms with Gasteiger partial charge in [0.05, 0.1) is 32.0 Å². The van der Waals surface area contributed by atoms with Crippen LogP contribution in [0.2, 0.25) is 0 Å². The van der Waals surface area contributed by atoms with Gasteiger partial charge < -0.3 is 28.5 Å². The highest BCUT2D eigenvalue weighted by Crippen LogP contribution is 2.33. The number of rotatable bonds is 6. The number of benzene rings is 2. The molecule has 0 radical (unpaired) electrons. The van der Waals surface area contributed by atoms with Gasteiger partial charge in [0.2, 0.25) is 0 Å². The maximum Gasteiger partial charge on any atom is 0.290 e. The van der Waals surface area contributed by atoms with Crippen molar-refractivity contribution in [3.63, 3.8) is 0 Å². The Hall–Kier alpha value is -4.20. The molecule has 33 heavy (non-hydrogen) atoms. The number of para-hydroxylation sites is 1. The van der Waals surface area contributed by atoms with Crippen molar-refractivity contribution in [3.05, 3.63) is 88.1 Å². The van der Waals surface area contributed by atoms with E-state index in [0.717, 1.165) is 10.9 Å². The lowest BCUT2D eigenvalue weighted by Gasteiger charge is -2.23. The minimum atomic E-state index is -0.326. The summed E-state index contributed by atoms with van der Waals surface area (Å²) in [5, 5.41) is 0.788. The van der Waals surface area contributed by atoms with Crippen LogP contribution in [0.15, 0.2) is 70.1 Å². The Kier molecular flexibility index (Phi) is 5.48. The first kappa shape index (κ1) is 20.7. The van der Waals surface area contributed by atoms with E-state index in [1.165, 1.54) is 6.26 Å². The van der Waals surface area contributed by atoms with Crippen LogP contribution < -0.4 is 19.8 Å². The Labute approximate surface area is 189 Å². The lowest BCUT2D eigenvalue weighted by atomic mass is 10.1. The molecule has 0 unspecified atom stereocenters. The smallest absolute Gasteiger partial charge is 0.290 e. The van der Waals surface area contributed by atoms with Crippen molar-refractivity contribution in [2.45, 2.75) is 13.1 Å².